The fourth-order valence-electron chi connectivity index (χ4n) is 0. The van der Waals surface area contributed by atoms with E-state index in [1.807, 2.05) is 6.92 Å². The summed E-state index contributed by atoms with van der Waals surface area (Å²) in [5.74, 6) is 0. The van der Waals surface area contributed by atoms with Crippen molar-refractivity contribution in [3.8, 4) is 0 Å². The molecule has 0 radical (unpaired) electrons. The first-order chi connectivity index (χ1) is 1.91. The molecule has 0 saturated carbocycles. The maximum absolute atomic E-state index is 8.01. The Morgan fingerprint density at radius 1 is 2.00 bits per heavy atom. The first kappa shape index (κ1) is 9.49. The second kappa shape index (κ2) is 8.95. The van der Waals surface area contributed by atoms with Gasteiger partial charge in [0.2, 0.25) is 0 Å². The van der Waals surface area contributed by atoms with Gasteiger partial charge in [-0.25, -0.2) is 0 Å². The molecule has 0 aromatic rings. The normalized spacial score (nSPS) is 8.40. The van der Waals surface area contributed by atoms with Crippen LogP contribution >= 0.6 is 0 Å². The minimum Gasteiger partial charge on any atom is -1.00 e. The standard InChI is InChI=1S/C2H8OSi.Na.H/c1-2-4-3;;/h3H,2,4H2,1H3;;/q;+1;-1. The average Bonchev–Trinajstić information content (AvgIpc) is 1.37. The molecule has 5 heavy (non-hydrogen) atoms. The van der Waals surface area contributed by atoms with E-state index in [0.717, 1.165) is 6.04 Å². The van der Waals surface area contributed by atoms with Gasteiger partial charge in [-0.1, -0.05) is 6.92 Å². The van der Waals surface area contributed by atoms with Crippen molar-refractivity contribution in [3.63, 3.8) is 0 Å². The van der Waals surface area contributed by atoms with E-state index in [1.54, 1.807) is 0 Å². The number of hydrogen-bond acceptors (Lipinski definition) is 1. The van der Waals surface area contributed by atoms with Gasteiger partial charge in [0.25, 0.3) is 0 Å². The van der Waals surface area contributed by atoms with Crippen molar-refractivity contribution >= 4 is 9.76 Å². The summed E-state index contributed by atoms with van der Waals surface area (Å²) in [6.07, 6.45) is 0. The second-order valence-electron chi connectivity index (χ2n) is 0.724. The van der Waals surface area contributed by atoms with Crippen molar-refractivity contribution in [2.75, 3.05) is 0 Å². The van der Waals surface area contributed by atoms with Gasteiger partial charge < -0.3 is 6.22 Å². The van der Waals surface area contributed by atoms with E-state index in [0.29, 0.717) is 0 Å². The summed E-state index contributed by atoms with van der Waals surface area (Å²) < 4.78 is 0. The summed E-state index contributed by atoms with van der Waals surface area (Å²) in [5.41, 5.74) is 0. The van der Waals surface area contributed by atoms with E-state index >= 15 is 0 Å². The zero-order chi connectivity index (χ0) is 3.41. The maximum Gasteiger partial charge on any atom is 1.00 e. The van der Waals surface area contributed by atoms with Crippen LogP contribution in [-0.2, 0) is 0 Å². The topological polar surface area (TPSA) is 20.2 Å². The molecule has 0 atom stereocenters. The summed E-state index contributed by atoms with van der Waals surface area (Å²) in [6.45, 7) is 1.99. The van der Waals surface area contributed by atoms with Gasteiger partial charge in [0, 0.05) is 0 Å². The van der Waals surface area contributed by atoms with Crippen molar-refractivity contribution in [1.29, 1.82) is 0 Å². The van der Waals surface area contributed by atoms with Crippen LogP contribution in [0.25, 0.3) is 0 Å². The molecule has 0 rings (SSSR count). The quantitative estimate of drug-likeness (QED) is 0.341. The van der Waals surface area contributed by atoms with E-state index in [9.17, 15) is 0 Å². The third-order valence-electron chi connectivity index (χ3n) is 0.224. The van der Waals surface area contributed by atoms with Gasteiger partial charge in [-0.3, -0.25) is 0 Å². The van der Waals surface area contributed by atoms with Gasteiger partial charge in [0.1, 0.15) is 0 Å². The molecule has 0 heterocycles. The molecular formula is C2H9NaOSi. The molecule has 0 aliphatic rings. The van der Waals surface area contributed by atoms with Gasteiger partial charge >= 0.3 is 29.6 Å². The van der Waals surface area contributed by atoms with Crippen molar-refractivity contribution in [1.82, 2.24) is 0 Å². The van der Waals surface area contributed by atoms with Crippen LogP contribution in [0.5, 0.6) is 0 Å². The third kappa shape index (κ3) is 11.0. The smallest absolute Gasteiger partial charge is 1.00 e. The van der Waals surface area contributed by atoms with Crippen LogP contribution in [0.2, 0.25) is 6.04 Å². The van der Waals surface area contributed by atoms with Gasteiger partial charge in [0.15, 0.2) is 9.76 Å². The van der Waals surface area contributed by atoms with Crippen LogP contribution in [0.4, 0.5) is 0 Å². The molecule has 1 nitrogen and oxygen atoms in total. The van der Waals surface area contributed by atoms with Crippen molar-refractivity contribution in [2.24, 2.45) is 0 Å². The summed E-state index contributed by atoms with van der Waals surface area (Å²) >= 11 is 0. The van der Waals surface area contributed by atoms with Gasteiger partial charge in [0.05, 0.1) is 0 Å². The fraction of sp³-hybridized carbons (Fsp3) is 1.00. The van der Waals surface area contributed by atoms with E-state index in [-0.39, 0.29) is 31.0 Å². The van der Waals surface area contributed by atoms with Gasteiger partial charge in [-0.15, -0.1) is 0 Å². The Morgan fingerprint density at radius 2 is 2.20 bits per heavy atom. The summed E-state index contributed by atoms with van der Waals surface area (Å²) in [7, 11) is -0.576. The van der Waals surface area contributed by atoms with Crippen molar-refractivity contribution in [2.45, 2.75) is 13.0 Å². The minimum absolute atomic E-state index is 0. The molecule has 0 aromatic heterocycles. The van der Waals surface area contributed by atoms with Crippen LogP contribution in [0, 0.1) is 0 Å². The minimum atomic E-state index is -0.576. The van der Waals surface area contributed by atoms with Crippen LogP contribution < -0.4 is 29.6 Å². The van der Waals surface area contributed by atoms with E-state index in [1.165, 1.54) is 0 Å². The molecule has 1 N–H and O–H groups in total. The summed E-state index contributed by atoms with van der Waals surface area (Å²) in [5, 5.41) is 0. The maximum atomic E-state index is 8.01. The van der Waals surface area contributed by atoms with Crippen LogP contribution in [-0.4, -0.2) is 14.6 Å². The molecule has 0 fully saturated rings. The average molecular weight is 100 g/mol. The number of hydrogen-bond donors (Lipinski definition) is 1. The van der Waals surface area contributed by atoms with Crippen LogP contribution in [0.1, 0.15) is 8.35 Å². The Kier molecular flexibility index (Phi) is 17.0. The Labute approximate surface area is 58.5 Å². The monoisotopic (exact) mass is 100 g/mol. The molecule has 0 spiro atoms. The Balaban J connectivity index is -0.0000000450. The first-order valence-corrected chi connectivity index (χ1v) is 3.16. The zero-order valence-electron chi connectivity index (χ0n) is 4.86. The SMILES string of the molecule is CC[SiH2]O.[H-].[Na+]. The third-order valence-corrected chi connectivity index (χ3v) is 0.671. The van der Waals surface area contributed by atoms with Crippen molar-refractivity contribution in [3.05, 3.63) is 0 Å². The molecule has 28 valence electrons. The predicted octanol–water partition coefficient (Wildman–Crippen LogP) is -3.38. The van der Waals surface area contributed by atoms with Crippen LogP contribution in [0.15, 0.2) is 0 Å². The molecule has 0 unspecified atom stereocenters. The van der Waals surface area contributed by atoms with Gasteiger partial charge in [-0.2, -0.15) is 0 Å². The van der Waals surface area contributed by atoms with Crippen LogP contribution in [0.3, 0.4) is 0 Å². The molecule has 0 saturated heterocycles. The predicted molar refractivity (Wildman–Crippen MR) is 22.4 cm³/mol. The fourth-order valence-corrected chi connectivity index (χ4v) is 0. The molecule has 0 aliphatic heterocycles. The Hall–Kier alpha value is 1.18. The molecule has 0 bridgehead atoms. The van der Waals surface area contributed by atoms with E-state index in [2.05, 4.69) is 0 Å². The van der Waals surface area contributed by atoms with E-state index in [4.69, 9.17) is 4.80 Å². The van der Waals surface area contributed by atoms with Gasteiger partial charge in [-0.05, 0) is 6.04 Å². The van der Waals surface area contributed by atoms with E-state index < -0.39 is 9.76 Å². The summed E-state index contributed by atoms with van der Waals surface area (Å²) in [6, 6.07) is 1.01. The summed E-state index contributed by atoms with van der Waals surface area (Å²) in [4.78, 5) is 8.01. The molecular weight excluding hydrogens is 91.1 g/mol. The largest absolute Gasteiger partial charge is 1.00 e. The molecule has 0 aromatic carbocycles. The zero-order valence-corrected chi connectivity index (χ0v) is 7.28. The molecule has 3 heteroatoms. The second-order valence-corrected chi connectivity index (χ2v) is 2.17. The first-order valence-electron chi connectivity index (χ1n) is 1.52. The molecule has 0 amide bonds. The Morgan fingerprint density at radius 3 is 2.20 bits per heavy atom. The van der Waals surface area contributed by atoms with Crippen molar-refractivity contribution < 1.29 is 35.8 Å². The Bertz CT molecular complexity index is 15.5. The number of rotatable bonds is 1. The molecule has 0 aliphatic carbocycles.